The van der Waals surface area contributed by atoms with E-state index in [4.69, 9.17) is 13.9 Å². The predicted molar refractivity (Wildman–Crippen MR) is 93.6 cm³/mol. The van der Waals surface area contributed by atoms with Crippen molar-refractivity contribution >= 4 is 17.7 Å². The van der Waals surface area contributed by atoms with Crippen molar-refractivity contribution in [2.75, 3.05) is 25.5 Å². The zero-order valence-electron chi connectivity index (χ0n) is 13.5. The maximum atomic E-state index is 11.9. The first-order valence-corrected chi connectivity index (χ1v) is 9.22. The number of aryl methyl sites for hydroxylation is 1. The Labute approximate surface area is 145 Å². The summed E-state index contributed by atoms with van der Waals surface area (Å²) in [5.41, 5.74) is 1.08. The first-order chi connectivity index (χ1) is 11.8. The van der Waals surface area contributed by atoms with E-state index in [1.807, 2.05) is 30.3 Å². The number of thioether (sulfide) groups is 1. The summed E-state index contributed by atoms with van der Waals surface area (Å²) in [6.45, 7) is 1.84. The molecule has 1 aliphatic rings. The number of amides is 1. The maximum absolute atomic E-state index is 11.9. The summed E-state index contributed by atoms with van der Waals surface area (Å²) in [6.07, 6.45) is 2.85. The minimum Gasteiger partial charge on any atom is -0.486 e. The molecular weight excluding hydrogens is 326 g/mol. The highest BCUT2D eigenvalue weighted by Gasteiger charge is 2.12. The Balaban J connectivity index is 1.32. The van der Waals surface area contributed by atoms with E-state index in [1.165, 1.54) is 0 Å². The molecule has 6 heteroatoms. The standard InChI is InChI=1S/C18H21NO4S/c20-18(19-7-11-24-13-15-2-1-8-21-15)6-4-14-3-5-16-17(12-14)23-10-9-22-16/h1-3,5,8,12H,4,6-7,9-11,13H2,(H,19,20). The molecule has 0 saturated heterocycles. The summed E-state index contributed by atoms with van der Waals surface area (Å²) in [4.78, 5) is 11.9. The second kappa shape index (κ2) is 8.68. The van der Waals surface area contributed by atoms with Crippen LogP contribution in [0.4, 0.5) is 0 Å². The summed E-state index contributed by atoms with van der Waals surface area (Å²) in [6, 6.07) is 9.70. The van der Waals surface area contributed by atoms with E-state index in [1.54, 1.807) is 18.0 Å². The fourth-order valence-electron chi connectivity index (χ4n) is 2.42. The summed E-state index contributed by atoms with van der Waals surface area (Å²) in [7, 11) is 0. The van der Waals surface area contributed by atoms with Gasteiger partial charge in [0.15, 0.2) is 11.5 Å². The molecule has 3 rings (SSSR count). The number of furan rings is 1. The van der Waals surface area contributed by atoms with Gasteiger partial charge in [-0.05, 0) is 36.2 Å². The van der Waals surface area contributed by atoms with Gasteiger partial charge in [0.2, 0.25) is 5.91 Å². The van der Waals surface area contributed by atoms with Gasteiger partial charge < -0.3 is 19.2 Å². The highest BCUT2D eigenvalue weighted by atomic mass is 32.2. The third-order valence-electron chi connectivity index (χ3n) is 3.64. The van der Waals surface area contributed by atoms with Crippen LogP contribution in [0.25, 0.3) is 0 Å². The van der Waals surface area contributed by atoms with Gasteiger partial charge >= 0.3 is 0 Å². The van der Waals surface area contributed by atoms with Gasteiger partial charge in [0.05, 0.1) is 12.0 Å². The van der Waals surface area contributed by atoms with Crippen molar-refractivity contribution < 1.29 is 18.7 Å². The van der Waals surface area contributed by atoms with Crippen molar-refractivity contribution in [3.8, 4) is 11.5 Å². The van der Waals surface area contributed by atoms with E-state index in [-0.39, 0.29) is 5.91 Å². The Bertz CT molecular complexity index is 657. The van der Waals surface area contributed by atoms with Gasteiger partial charge in [-0.15, -0.1) is 0 Å². The van der Waals surface area contributed by atoms with E-state index in [0.717, 1.165) is 34.3 Å². The Hall–Kier alpha value is -2.08. The highest BCUT2D eigenvalue weighted by Crippen LogP contribution is 2.31. The molecular formula is C18H21NO4S. The molecule has 0 saturated carbocycles. The molecule has 0 unspecified atom stereocenters. The van der Waals surface area contributed by atoms with Crippen LogP contribution in [0.3, 0.4) is 0 Å². The average molecular weight is 347 g/mol. The van der Waals surface area contributed by atoms with Crippen molar-refractivity contribution in [1.82, 2.24) is 5.32 Å². The third kappa shape index (κ3) is 4.96. The number of fused-ring (bicyclic) bond motifs is 1. The monoisotopic (exact) mass is 347 g/mol. The van der Waals surface area contributed by atoms with Crippen LogP contribution in [-0.2, 0) is 17.0 Å². The number of benzene rings is 1. The molecule has 1 aliphatic heterocycles. The number of rotatable bonds is 8. The van der Waals surface area contributed by atoms with Gasteiger partial charge in [-0.2, -0.15) is 11.8 Å². The largest absolute Gasteiger partial charge is 0.486 e. The van der Waals surface area contributed by atoms with Crippen molar-refractivity contribution in [3.05, 3.63) is 47.9 Å². The Morgan fingerprint density at radius 3 is 2.88 bits per heavy atom. The Morgan fingerprint density at radius 1 is 1.17 bits per heavy atom. The maximum Gasteiger partial charge on any atom is 0.220 e. The van der Waals surface area contributed by atoms with E-state index >= 15 is 0 Å². The van der Waals surface area contributed by atoms with E-state index in [2.05, 4.69) is 5.32 Å². The van der Waals surface area contributed by atoms with Crippen LogP contribution in [-0.4, -0.2) is 31.4 Å². The lowest BCUT2D eigenvalue weighted by Crippen LogP contribution is -2.26. The van der Waals surface area contributed by atoms with Crippen LogP contribution >= 0.6 is 11.8 Å². The minimum absolute atomic E-state index is 0.0727. The molecule has 0 radical (unpaired) electrons. The predicted octanol–water partition coefficient (Wildman–Crippen LogP) is 3.03. The number of hydrogen-bond acceptors (Lipinski definition) is 5. The van der Waals surface area contributed by atoms with Gasteiger partial charge in [0.1, 0.15) is 19.0 Å². The lowest BCUT2D eigenvalue weighted by molar-refractivity contribution is -0.120. The molecule has 5 nitrogen and oxygen atoms in total. The number of ether oxygens (including phenoxy) is 2. The van der Waals surface area contributed by atoms with Gasteiger partial charge in [-0.1, -0.05) is 6.07 Å². The van der Waals surface area contributed by atoms with Gasteiger partial charge in [0, 0.05) is 18.7 Å². The fourth-order valence-corrected chi connectivity index (χ4v) is 3.18. The number of carbonyl (C=O) groups excluding carboxylic acids is 1. The smallest absolute Gasteiger partial charge is 0.220 e. The summed E-state index contributed by atoms with van der Waals surface area (Å²) >= 11 is 1.74. The number of carbonyl (C=O) groups is 1. The zero-order valence-corrected chi connectivity index (χ0v) is 14.3. The van der Waals surface area contributed by atoms with Gasteiger partial charge in [-0.25, -0.2) is 0 Å². The van der Waals surface area contributed by atoms with Crippen LogP contribution in [0.2, 0.25) is 0 Å². The summed E-state index contributed by atoms with van der Waals surface area (Å²) in [5.74, 6) is 4.29. The summed E-state index contributed by atoms with van der Waals surface area (Å²) < 4.78 is 16.3. The molecule has 0 atom stereocenters. The molecule has 0 aliphatic carbocycles. The van der Waals surface area contributed by atoms with Gasteiger partial charge in [0.25, 0.3) is 0 Å². The number of nitrogens with one attached hydrogen (secondary N) is 1. The number of hydrogen-bond donors (Lipinski definition) is 1. The molecule has 1 aromatic carbocycles. The lowest BCUT2D eigenvalue weighted by atomic mass is 10.1. The van der Waals surface area contributed by atoms with Crippen LogP contribution in [0.5, 0.6) is 11.5 Å². The van der Waals surface area contributed by atoms with Crippen molar-refractivity contribution in [2.45, 2.75) is 18.6 Å². The van der Waals surface area contributed by atoms with Gasteiger partial charge in [-0.3, -0.25) is 4.79 Å². The van der Waals surface area contributed by atoms with E-state index in [0.29, 0.717) is 32.6 Å². The molecule has 0 fully saturated rings. The SMILES string of the molecule is O=C(CCc1ccc2c(c1)OCCO2)NCCSCc1ccco1. The molecule has 0 bridgehead atoms. The van der Waals surface area contributed by atoms with Crippen molar-refractivity contribution in [3.63, 3.8) is 0 Å². The third-order valence-corrected chi connectivity index (χ3v) is 4.62. The molecule has 1 aromatic heterocycles. The normalized spacial score (nSPS) is 12.8. The zero-order chi connectivity index (χ0) is 16.6. The van der Waals surface area contributed by atoms with Crippen LogP contribution < -0.4 is 14.8 Å². The van der Waals surface area contributed by atoms with Crippen LogP contribution in [0, 0.1) is 0 Å². The molecule has 2 heterocycles. The first kappa shape index (κ1) is 16.8. The van der Waals surface area contributed by atoms with Crippen molar-refractivity contribution in [2.24, 2.45) is 0 Å². The molecule has 1 N–H and O–H groups in total. The van der Waals surface area contributed by atoms with Crippen LogP contribution in [0.1, 0.15) is 17.7 Å². The topological polar surface area (TPSA) is 60.7 Å². The van der Waals surface area contributed by atoms with Crippen molar-refractivity contribution in [1.29, 1.82) is 0 Å². The minimum atomic E-state index is 0.0727. The average Bonchev–Trinajstić information content (AvgIpc) is 3.13. The molecule has 24 heavy (non-hydrogen) atoms. The molecule has 0 spiro atoms. The molecule has 2 aromatic rings. The van der Waals surface area contributed by atoms with Crippen LogP contribution in [0.15, 0.2) is 41.0 Å². The van der Waals surface area contributed by atoms with E-state index < -0.39 is 0 Å². The van der Waals surface area contributed by atoms with E-state index in [9.17, 15) is 4.79 Å². The Kier molecular flexibility index (Phi) is 6.07. The summed E-state index contributed by atoms with van der Waals surface area (Å²) in [5, 5.41) is 2.95. The quantitative estimate of drug-likeness (QED) is 0.744. The first-order valence-electron chi connectivity index (χ1n) is 8.06. The molecule has 1 amide bonds. The second-order valence-corrected chi connectivity index (χ2v) is 6.57. The second-order valence-electron chi connectivity index (χ2n) is 5.46. The highest BCUT2D eigenvalue weighted by molar-refractivity contribution is 7.98. The Morgan fingerprint density at radius 2 is 2.04 bits per heavy atom. The lowest BCUT2D eigenvalue weighted by Gasteiger charge is -2.18. The fraction of sp³-hybridized carbons (Fsp3) is 0.389. The molecule has 128 valence electrons.